The van der Waals surface area contributed by atoms with Crippen LogP contribution in [0.3, 0.4) is 0 Å². The van der Waals surface area contributed by atoms with E-state index in [9.17, 15) is 0 Å². The number of hydrogen-bond donors (Lipinski definition) is 0. The largest absolute Gasteiger partial charge is 0.493 e. The standard InChI is InChI=1S/C23H28N2O/c1-18(2)5-3-6-19-7-9-20(10-8-19)17-26-22-13-11-21(12-14-22)23-24-15-4-16-25-23/h4-5,7,11-16,20H,3,6,8-10,17H2,1-2H3. The molecule has 3 rings (SSSR count). The quantitative estimate of drug-likeness (QED) is 0.576. The van der Waals surface area contributed by atoms with Gasteiger partial charge in [-0.15, -0.1) is 0 Å². The number of nitrogens with zero attached hydrogens (tertiary/aromatic N) is 2. The van der Waals surface area contributed by atoms with Gasteiger partial charge in [0.2, 0.25) is 0 Å². The van der Waals surface area contributed by atoms with Crippen LogP contribution in [0.5, 0.6) is 5.75 Å². The Bertz CT molecular complexity index is 744. The molecule has 2 aromatic rings. The third kappa shape index (κ3) is 5.55. The average molecular weight is 348 g/mol. The van der Waals surface area contributed by atoms with Crippen LogP contribution in [0.2, 0.25) is 0 Å². The highest BCUT2D eigenvalue weighted by molar-refractivity contribution is 5.55. The molecule has 1 aliphatic rings. The van der Waals surface area contributed by atoms with Gasteiger partial charge in [-0.2, -0.15) is 0 Å². The zero-order valence-electron chi connectivity index (χ0n) is 15.8. The molecule has 0 N–H and O–H groups in total. The second-order valence-electron chi connectivity index (χ2n) is 7.23. The van der Waals surface area contributed by atoms with Crippen LogP contribution in [0, 0.1) is 5.92 Å². The van der Waals surface area contributed by atoms with Gasteiger partial charge in [0.1, 0.15) is 5.75 Å². The highest BCUT2D eigenvalue weighted by Gasteiger charge is 2.15. The van der Waals surface area contributed by atoms with Gasteiger partial charge < -0.3 is 4.74 Å². The van der Waals surface area contributed by atoms with E-state index in [1.807, 2.05) is 30.3 Å². The molecule has 1 aliphatic carbocycles. The van der Waals surface area contributed by atoms with Crippen molar-refractivity contribution in [1.29, 1.82) is 0 Å². The van der Waals surface area contributed by atoms with E-state index in [-0.39, 0.29) is 0 Å². The first-order valence-corrected chi connectivity index (χ1v) is 9.52. The summed E-state index contributed by atoms with van der Waals surface area (Å²) in [5.74, 6) is 2.29. The maximum absolute atomic E-state index is 6.00. The van der Waals surface area contributed by atoms with Gasteiger partial charge in [0, 0.05) is 18.0 Å². The number of allylic oxidation sites excluding steroid dienone is 4. The van der Waals surface area contributed by atoms with E-state index in [1.54, 1.807) is 18.0 Å². The molecule has 136 valence electrons. The molecule has 3 nitrogen and oxygen atoms in total. The summed E-state index contributed by atoms with van der Waals surface area (Å²) >= 11 is 0. The molecule has 1 aromatic carbocycles. The Morgan fingerprint density at radius 2 is 1.92 bits per heavy atom. The van der Waals surface area contributed by atoms with E-state index < -0.39 is 0 Å². The molecule has 3 heteroatoms. The van der Waals surface area contributed by atoms with Crippen molar-refractivity contribution in [2.75, 3.05) is 6.61 Å². The van der Waals surface area contributed by atoms with E-state index in [4.69, 9.17) is 4.74 Å². The molecular formula is C23H28N2O. The Kier molecular flexibility index (Phi) is 6.59. The predicted molar refractivity (Wildman–Crippen MR) is 107 cm³/mol. The van der Waals surface area contributed by atoms with Gasteiger partial charge >= 0.3 is 0 Å². The smallest absolute Gasteiger partial charge is 0.159 e. The van der Waals surface area contributed by atoms with E-state index >= 15 is 0 Å². The minimum Gasteiger partial charge on any atom is -0.493 e. The number of rotatable bonds is 7. The fourth-order valence-corrected chi connectivity index (χ4v) is 3.23. The molecule has 26 heavy (non-hydrogen) atoms. The van der Waals surface area contributed by atoms with Gasteiger partial charge in [-0.3, -0.25) is 0 Å². The van der Waals surface area contributed by atoms with Crippen molar-refractivity contribution in [2.45, 2.75) is 46.0 Å². The second kappa shape index (κ2) is 9.33. The lowest BCUT2D eigenvalue weighted by atomic mass is 9.88. The molecule has 0 radical (unpaired) electrons. The van der Waals surface area contributed by atoms with Crippen molar-refractivity contribution in [2.24, 2.45) is 5.92 Å². The van der Waals surface area contributed by atoms with Crippen molar-refractivity contribution in [1.82, 2.24) is 9.97 Å². The lowest BCUT2D eigenvalue weighted by molar-refractivity contribution is 0.237. The Balaban J connectivity index is 1.45. The van der Waals surface area contributed by atoms with Crippen LogP contribution in [0.4, 0.5) is 0 Å². The van der Waals surface area contributed by atoms with Gasteiger partial charge in [-0.05, 0) is 82.2 Å². The lowest BCUT2D eigenvalue weighted by Crippen LogP contribution is -2.14. The summed E-state index contributed by atoms with van der Waals surface area (Å²) in [5, 5.41) is 0. The first-order valence-electron chi connectivity index (χ1n) is 9.52. The van der Waals surface area contributed by atoms with Gasteiger partial charge in [0.25, 0.3) is 0 Å². The fraction of sp³-hybridized carbons (Fsp3) is 0.391. The van der Waals surface area contributed by atoms with Crippen LogP contribution < -0.4 is 4.74 Å². The van der Waals surface area contributed by atoms with E-state index in [0.717, 1.165) is 30.2 Å². The Labute approximate surface area is 156 Å². The van der Waals surface area contributed by atoms with Crippen LogP contribution in [-0.2, 0) is 0 Å². The number of benzene rings is 1. The first-order chi connectivity index (χ1) is 12.7. The summed E-state index contributed by atoms with van der Waals surface area (Å²) in [6.07, 6.45) is 14.3. The molecule has 0 bridgehead atoms. The third-order valence-corrected chi connectivity index (χ3v) is 4.80. The zero-order chi connectivity index (χ0) is 18.2. The molecule has 0 amide bonds. The molecule has 1 heterocycles. The first kappa shape index (κ1) is 18.4. The summed E-state index contributed by atoms with van der Waals surface area (Å²) in [5.41, 5.74) is 4.04. The fourth-order valence-electron chi connectivity index (χ4n) is 3.23. The molecule has 0 saturated carbocycles. The van der Waals surface area contributed by atoms with Crippen molar-refractivity contribution in [3.05, 3.63) is 66.0 Å². The maximum atomic E-state index is 6.00. The summed E-state index contributed by atoms with van der Waals surface area (Å²) in [6.45, 7) is 5.13. The summed E-state index contributed by atoms with van der Waals surface area (Å²) < 4.78 is 6.00. The van der Waals surface area contributed by atoms with Crippen molar-refractivity contribution in [3.8, 4) is 17.1 Å². The van der Waals surface area contributed by atoms with Gasteiger partial charge in [0.15, 0.2) is 5.82 Å². The number of ether oxygens (including phenoxy) is 1. The van der Waals surface area contributed by atoms with Crippen LogP contribution >= 0.6 is 0 Å². The second-order valence-corrected chi connectivity index (χ2v) is 7.23. The van der Waals surface area contributed by atoms with Crippen molar-refractivity contribution < 1.29 is 4.74 Å². The summed E-state index contributed by atoms with van der Waals surface area (Å²) in [4.78, 5) is 8.55. The van der Waals surface area contributed by atoms with E-state index in [0.29, 0.717) is 5.92 Å². The van der Waals surface area contributed by atoms with Crippen LogP contribution in [0.25, 0.3) is 11.4 Å². The highest BCUT2D eigenvalue weighted by Crippen LogP contribution is 2.27. The minimum atomic E-state index is 0.624. The van der Waals surface area contributed by atoms with Crippen molar-refractivity contribution >= 4 is 0 Å². The monoisotopic (exact) mass is 348 g/mol. The van der Waals surface area contributed by atoms with E-state index in [2.05, 4.69) is 36.0 Å². The predicted octanol–water partition coefficient (Wildman–Crippen LogP) is 6.00. The van der Waals surface area contributed by atoms with Crippen LogP contribution in [0.15, 0.2) is 66.0 Å². The molecule has 0 fully saturated rings. The Morgan fingerprint density at radius 3 is 2.58 bits per heavy atom. The van der Waals surface area contributed by atoms with Gasteiger partial charge in [0.05, 0.1) is 6.61 Å². The summed E-state index contributed by atoms with van der Waals surface area (Å²) in [7, 11) is 0. The lowest BCUT2D eigenvalue weighted by Gasteiger charge is -2.22. The highest BCUT2D eigenvalue weighted by atomic mass is 16.5. The minimum absolute atomic E-state index is 0.624. The van der Waals surface area contributed by atoms with Crippen LogP contribution in [0.1, 0.15) is 46.0 Å². The number of hydrogen-bond acceptors (Lipinski definition) is 3. The molecule has 0 aliphatic heterocycles. The molecular weight excluding hydrogens is 320 g/mol. The third-order valence-electron chi connectivity index (χ3n) is 4.80. The Hall–Kier alpha value is -2.42. The average Bonchev–Trinajstić information content (AvgIpc) is 2.68. The van der Waals surface area contributed by atoms with Gasteiger partial charge in [-0.1, -0.05) is 23.3 Å². The maximum Gasteiger partial charge on any atom is 0.159 e. The normalized spacial score (nSPS) is 16.7. The SMILES string of the molecule is CC(C)=CCCC1=CCC(COc2ccc(-c3ncccn3)cc2)CC1. The van der Waals surface area contributed by atoms with Crippen molar-refractivity contribution in [3.63, 3.8) is 0 Å². The molecule has 1 aromatic heterocycles. The van der Waals surface area contributed by atoms with Crippen LogP contribution in [-0.4, -0.2) is 16.6 Å². The van der Waals surface area contributed by atoms with E-state index in [1.165, 1.54) is 31.3 Å². The molecule has 0 saturated heterocycles. The van der Waals surface area contributed by atoms with Gasteiger partial charge in [-0.25, -0.2) is 9.97 Å². The topological polar surface area (TPSA) is 35.0 Å². The number of aromatic nitrogens is 2. The molecule has 0 spiro atoms. The zero-order valence-corrected chi connectivity index (χ0v) is 15.8. The summed E-state index contributed by atoms with van der Waals surface area (Å²) in [6, 6.07) is 9.89. The molecule has 1 atom stereocenters. The Morgan fingerprint density at radius 1 is 1.15 bits per heavy atom. The molecule has 1 unspecified atom stereocenters.